The van der Waals surface area contributed by atoms with Gasteiger partial charge in [0.25, 0.3) is 0 Å². The number of carbonyl (C=O) groups is 1. The molecule has 0 aliphatic carbocycles. The first-order valence-electron chi connectivity index (χ1n) is 4.56. The van der Waals surface area contributed by atoms with Gasteiger partial charge < -0.3 is 15.0 Å². The van der Waals surface area contributed by atoms with Gasteiger partial charge in [-0.15, -0.1) is 0 Å². The van der Waals surface area contributed by atoms with E-state index in [1.807, 2.05) is 7.05 Å². The standard InChI is InChI=1S/C9H18N2O2/c1-10-9(6-8(12)13-3)4-5-11(2)7-9/h10H,4-7H2,1-3H3. The van der Waals surface area contributed by atoms with Crippen molar-refractivity contribution in [1.82, 2.24) is 10.2 Å². The van der Waals surface area contributed by atoms with Crippen LogP contribution in [0.3, 0.4) is 0 Å². The van der Waals surface area contributed by atoms with Crippen molar-refractivity contribution in [1.29, 1.82) is 0 Å². The van der Waals surface area contributed by atoms with E-state index in [9.17, 15) is 4.79 Å². The molecule has 0 spiro atoms. The van der Waals surface area contributed by atoms with Crippen LogP contribution in [0.15, 0.2) is 0 Å². The third-order valence-electron chi connectivity index (χ3n) is 2.79. The smallest absolute Gasteiger partial charge is 0.307 e. The minimum Gasteiger partial charge on any atom is -0.469 e. The summed E-state index contributed by atoms with van der Waals surface area (Å²) in [6.45, 7) is 1.95. The number of nitrogens with one attached hydrogen (secondary N) is 1. The van der Waals surface area contributed by atoms with Crippen LogP contribution >= 0.6 is 0 Å². The molecule has 0 aromatic carbocycles. The van der Waals surface area contributed by atoms with Gasteiger partial charge in [-0.1, -0.05) is 0 Å². The van der Waals surface area contributed by atoms with Crippen molar-refractivity contribution in [3.63, 3.8) is 0 Å². The molecule has 1 atom stereocenters. The Morgan fingerprint density at radius 1 is 1.69 bits per heavy atom. The van der Waals surface area contributed by atoms with Crippen molar-refractivity contribution in [3.8, 4) is 0 Å². The molecular formula is C9H18N2O2. The number of esters is 1. The minimum atomic E-state index is -0.135. The van der Waals surface area contributed by atoms with Gasteiger partial charge in [0.05, 0.1) is 13.5 Å². The second kappa shape index (κ2) is 4.07. The van der Waals surface area contributed by atoms with Gasteiger partial charge in [0.2, 0.25) is 0 Å². The summed E-state index contributed by atoms with van der Waals surface area (Å²) in [4.78, 5) is 13.4. The van der Waals surface area contributed by atoms with E-state index in [1.165, 1.54) is 7.11 Å². The molecule has 1 unspecified atom stereocenters. The molecule has 0 bridgehead atoms. The van der Waals surface area contributed by atoms with Crippen LogP contribution in [0.2, 0.25) is 0 Å². The third-order valence-corrected chi connectivity index (χ3v) is 2.79. The average Bonchev–Trinajstić information content (AvgIpc) is 2.48. The third kappa shape index (κ3) is 2.42. The van der Waals surface area contributed by atoms with Gasteiger partial charge in [0.1, 0.15) is 0 Å². The summed E-state index contributed by atoms with van der Waals surface area (Å²) in [7, 11) is 5.41. The van der Waals surface area contributed by atoms with Gasteiger partial charge >= 0.3 is 5.97 Å². The van der Waals surface area contributed by atoms with Gasteiger partial charge in [-0.3, -0.25) is 4.79 Å². The lowest BCUT2D eigenvalue weighted by atomic mass is 9.94. The topological polar surface area (TPSA) is 41.6 Å². The average molecular weight is 186 g/mol. The van der Waals surface area contributed by atoms with Crippen molar-refractivity contribution < 1.29 is 9.53 Å². The molecule has 1 saturated heterocycles. The number of hydrogen-bond acceptors (Lipinski definition) is 4. The fraction of sp³-hybridized carbons (Fsp3) is 0.889. The van der Waals surface area contributed by atoms with Crippen LogP contribution in [0.5, 0.6) is 0 Å². The Hall–Kier alpha value is -0.610. The molecule has 0 amide bonds. The molecule has 1 aliphatic rings. The first-order chi connectivity index (χ1) is 6.12. The molecule has 4 heteroatoms. The highest BCUT2D eigenvalue weighted by Crippen LogP contribution is 2.23. The first-order valence-corrected chi connectivity index (χ1v) is 4.56. The molecule has 0 radical (unpaired) electrons. The second-order valence-electron chi connectivity index (χ2n) is 3.77. The highest BCUT2D eigenvalue weighted by molar-refractivity contribution is 5.70. The van der Waals surface area contributed by atoms with Crippen LogP contribution < -0.4 is 5.32 Å². The van der Waals surface area contributed by atoms with E-state index in [0.717, 1.165) is 19.5 Å². The van der Waals surface area contributed by atoms with E-state index in [1.54, 1.807) is 0 Å². The summed E-state index contributed by atoms with van der Waals surface area (Å²) < 4.78 is 4.68. The van der Waals surface area contributed by atoms with Gasteiger partial charge in [-0.25, -0.2) is 0 Å². The maximum Gasteiger partial charge on any atom is 0.307 e. The Morgan fingerprint density at radius 2 is 2.38 bits per heavy atom. The van der Waals surface area contributed by atoms with Crippen molar-refractivity contribution >= 4 is 5.97 Å². The number of likely N-dealkylation sites (tertiary alicyclic amines) is 1. The molecule has 4 nitrogen and oxygen atoms in total. The molecule has 1 heterocycles. The molecule has 1 aliphatic heterocycles. The van der Waals surface area contributed by atoms with Crippen molar-refractivity contribution in [2.24, 2.45) is 0 Å². The molecule has 0 saturated carbocycles. The summed E-state index contributed by atoms with van der Waals surface area (Å²) in [6.07, 6.45) is 1.47. The second-order valence-corrected chi connectivity index (χ2v) is 3.77. The van der Waals surface area contributed by atoms with Crippen molar-refractivity contribution in [2.45, 2.75) is 18.4 Å². The lowest BCUT2D eigenvalue weighted by Crippen LogP contribution is -2.46. The Labute approximate surface area is 79.2 Å². The lowest BCUT2D eigenvalue weighted by Gasteiger charge is -2.27. The van der Waals surface area contributed by atoms with Gasteiger partial charge in [0, 0.05) is 12.1 Å². The molecular weight excluding hydrogens is 168 g/mol. The zero-order chi connectivity index (χ0) is 9.90. The summed E-state index contributed by atoms with van der Waals surface area (Å²) in [5.74, 6) is -0.135. The van der Waals surface area contributed by atoms with Gasteiger partial charge in [-0.05, 0) is 27.1 Å². The van der Waals surface area contributed by atoms with Gasteiger partial charge in [0.15, 0.2) is 0 Å². The first kappa shape index (κ1) is 10.5. The molecule has 1 rings (SSSR count). The van der Waals surface area contributed by atoms with Crippen LogP contribution in [0, 0.1) is 0 Å². The summed E-state index contributed by atoms with van der Waals surface area (Å²) >= 11 is 0. The zero-order valence-corrected chi connectivity index (χ0v) is 8.59. The van der Waals surface area contributed by atoms with E-state index in [4.69, 9.17) is 0 Å². The van der Waals surface area contributed by atoms with Crippen molar-refractivity contribution in [3.05, 3.63) is 0 Å². The number of hydrogen-bond donors (Lipinski definition) is 1. The minimum absolute atomic E-state index is 0.0676. The van der Waals surface area contributed by atoms with E-state index < -0.39 is 0 Å². The molecule has 13 heavy (non-hydrogen) atoms. The van der Waals surface area contributed by atoms with Gasteiger partial charge in [-0.2, -0.15) is 0 Å². The molecule has 76 valence electrons. The monoisotopic (exact) mass is 186 g/mol. The number of rotatable bonds is 3. The fourth-order valence-corrected chi connectivity index (χ4v) is 1.86. The fourth-order valence-electron chi connectivity index (χ4n) is 1.86. The number of likely N-dealkylation sites (N-methyl/N-ethyl adjacent to an activating group) is 2. The van der Waals surface area contributed by atoms with Crippen LogP contribution in [0.4, 0.5) is 0 Å². The molecule has 1 fully saturated rings. The van der Waals surface area contributed by atoms with Crippen LogP contribution in [-0.2, 0) is 9.53 Å². The maximum atomic E-state index is 11.2. The SMILES string of the molecule is CNC1(CC(=O)OC)CCN(C)C1. The predicted molar refractivity (Wildman–Crippen MR) is 50.5 cm³/mol. The van der Waals surface area contributed by atoms with E-state index in [0.29, 0.717) is 6.42 Å². The highest BCUT2D eigenvalue weighted by Gasteiger charge is 2.37. The Morgan fingerprint density at radius 3 is 2.77 bits per heavy atom. The largest absolute Gasteiger partial charge is 0.469 e. The Balaban J connectivity index is 2.55. The molecule has 0 aromatic heterocycles. The zero-order valence-electron chi connectivity index (χ0n) is 8.59. The molecule has 0 aromatic rings. The quantitative estimate of drug-likeness (QED) is 0.622. The number of methoxy groups -OCH3 is 1. The molecule has 1 N–H and O–H groups in total. The summed E-state index contributed by atoms with van der Waals surface area (Å²) in [6, 6.07) is 0. The number of nitrogens with zero attached hydrogens (tertiary/aromatic N) is 1. The summed E-state index contributed by atoms with van der Waals surface area (Å²) in [5.41, 5.74) is -0.0676. The van der Waals surface area contributed by atoms with Crippen LogP contribution in [-0.4, -0.2) is 50.7 Å². The summed E-state index contributed by atoms with van der Waals surface area (Å²) in [5, 5.41) is 3.23. The highest BCUT2D eigenvalue weighted by atomic mass is 16.5. The maximum absolute atomic E-state index is 11.2. The Kier molecular flexibility index (Phi) is 3.27. The van der Waals surface area contributed by atoms with Crippen molar-refractivity contribution in [2.75, 3.05) is 34.3 Å². The lowest BCUT2D eigenvalue weighted by molar-refractivity contribution is -0.142. The normalized spacial score (nSPS) is 29.2. The Bertz CT molecular complexity index is 196. The van der Waals surface area contributed by atoms with E-state index >= 15 is 0 Å². The van der Waals surface area contributed by atoms with E-state index in [2.05, 4.69) is 22.0 Å². The predicted octanol–water partition coefficient (Wildman–Crippen LogP) is -0.157. The number of carbonyl (C=O) groups excluding carboxylic acids is 1. The number of ether oxygens (including phenoxy) is 1. The van der Waals surface area contributed by atoms with E-state index in [-0.39, 0.29) is 11.5 Å². The van der Waals surface area contributed by atoms with Crippen LogP contribution in [0.1, 0.15) is 12.8 Å². The van der Waals surface area contributed by atoms with Crippen LogP contribution in [0.25, 0.3) is 0 Å².